The Kier molecular flexibility index (Phi) is 5.61. The fraction of sp³-hybridized carbons (Fsp3) is 0.286. The van der Waals surface area contributed by atoms with E-state index in [2.05, 4.69) is 10.3 Å². The Hall–Kier alpha value is -3.10. The van der Waals surface area contributed by atoms with Crippen molar-refractivity contribution in [2.24, 2.45) is 7.05 Å². The minimum Gasteiger partial charge on any atom is -0.471 e. The van der Waals surface area contributed by atoms with Gasteiger partial charge in [-0.2, -0.15) is 0 Å². The lowest BCUT2D eigenvalue weighted by molar-refractivity contribution is 0.102. The van der Waals surface area contributed by atoms with E-state index >= 15 is 0 Å². The monoisotopic (exact) mass is 428 g/mol. The predicted molar refractivity (Wildman–Crippen MR) is 113 cm³/mol. The summed E-state index contributed by atoms with van der Waals surface area (Å²) in [6.07, 6.45) is 2.04. The number of para-hydroxylation sites is 1. The second-order valence-electron chi connectivity index (χ2n) is 7.01. The molecule has 1 atom stereocenters. The van der Waals surface area contributed by atoms with Crippen LogP contribution >= 0.6 is 11.6 Å². The van der Waals surface area contributed by atoms with Crippen LogP contribution < -0.4 is 15.6 Å². The van der Waals surface area contributed by atoms with Crippen LogP contribution in [0, 0.1) is 6.92 Å². The van der Waals surface area contributed by atoms with Crippen molar-refractivity contribution in [3.8, 4) is 11.6 Å². The minimum absolute atomic E-state index is 0.0990. The van der Waals surface area contributed by atoms with Gasteiger partial charge in [-0.15, -0.1) is 0 Å². The molecule has 1 aromatic carbocycles. The van der Waals surface area contributed by atoms with Crippen LogP contribution in [-0.4, -0.2) is 39.6 Å². The Morgan fingerprint density at radius 2 is 2.10 bits per heavy atom. The molecular formula is C21H21ClN4O4. The van der Waals surface area contributed by atoms with Crippen molar-refractivity contribution in [1.29, 1.82) is 0 Å². The molecule has 30 heavy (non-hydrogen) atoms. The van der Waals surface area contributed by atoms with E-state index in [1.54, 1.807) is 18.7 Å². The Labute approximate surface area is 178 Å². The summed E-state index contributed by atoms with van der Waals surface area (Å²) in [5.74, 6) is -0.225. The Morgan fingerprint density at radius 3 is 2.77 bits per heavy atom. The average Bonchev–Trinajstić information content (AvgIpc) is 3.33. The molecule has 0 radical (unpaired) electrons. The highest BCUT2D eigenvalue weighted by Crippen LogP contribution is 2.25. The molecule has 0 spiro atoms. The van der Waals surface area contributed by atoms with E-state index in [4.69, 9.17) is 21.1 Å². The van der Waals surface area contributed by atoms with E-state index in [0.717, 1.165) is 6.42 Å². The number of rotatable bonds is 5. The van der Waals surface area contributed by atoms with Gasteiger partial charge in [0.1, 0.15) is 16.8 Å². The highest BCUT2D eigenvalue weighted by Gasteiger charge is 2.22. The molecule has 1 unspecified atom stereocenters. The van der Waals surface area contributed by atoms with Crippen molar-refractivity contribution in [2.45, 2.75) is 19.4 Å². The zero-order valence-electron chi connectivity index (χ0n) is 16.6. The molecule has 0 aliphatic carbocycles. The molecule has 4 rings (SSSR count). The SMILES string of the molecule is Cc1c(NC(=O)c2cnc(OC3CCOC3)c(Cl)c2)c(=O)n(-c2ccccc2)n1C. The minimum atomic E-state index is -0.480. The smallest absolute Gasteiger partial charge is 0.295 e. The number of hydrogen-bond donors (Lipinski definition) is 1. The fourth-order valence-electron chi connectivity index (χ4n) is 3.30. The maximum absolute atomic E-state index is 12.9. The molecule has 1 fully saturated rings. The second kappa shape index (κ2) is 8.33. The highest BCUT2D eigenvalue weighted by atomic mass is 35.5. The Balaban J connectivity index is 1.57. The fourth-order valence-corrected chi connectivity index (χ4v) is 3.51. The summed E-state index contributed by atoms with van der Waals surface area (Å²) in [5, 5.41) is 2.92. The number of ether oxygens (including phenoxy) is 2. The van der Waals surface area contributed by atoms with E-state index in [-0.39, 0.29) is 33.8 Å². The number of aromatic nitrogens is 3. The third kappa shape index (κ3) is 3.83. The topological polar surface area (TPSA) is 87.4 Å². The molecule has 156 valence electrons. The second-order valence-corrected chi connectivity index (χ2v) is 7.41. The number of benzene rings is 1. The van der Waals surface area contributed by atoms with Crippen molar-refractivity contribution in [3.05, 3.63) is 69.2 Å². The van der Waals surface area contributed by atoms with E-state index in [1.165, 1.54) is 16.9 Å². The van der Waals surface area contributed by atoms with Crippen LogP contribution in [0.1, 0.15) is 22.5 Å². The number of carbonyl (C=O) groups is 1. The highest BCUT2D eigenvalue weighted by molar-refractivity contribution is 6.32. The van der Waals surface area contributed by atoms with Gasteiger partial charge in [0.15, 0.2) is 0 Å². The zero-order chi connectivity index (χ0) is 21.3. The van der Waals surface area contributed by atoms with Crippen LogP contribution in [0.2, 0.25) is 5.02 Å². The summed E-state index contributed by atoms with van der Waals surface area (Å²) in [6.45, 7) is 2.89. The molecule has 1 aliphatic rings. The van der Waals surface area contributed by atoms with E-state index in [1.807, 2.05) is 30.3 Å². The standard InChI is InChI=1S/C21H21ClN4O4/c1-13-18(21(28)26(25(13)2)15-6-4-3-5-7-15)24-19(27)14-10-17(22)20(23-11-14)30-16-8-9-29-12-16/h3-7,10-11,16H,8-9,12H2,1-2H3,(H,24,27). The van der Waals surface area contributed by atoms with Gasteiger partial charge < -0.3 is 14.8 Å². The van der Waals surface area contributed by atoms with Crippen LogP contribution in [0.3, 0.4) is 0 Å². The van der Waals surface area contributed by atoms with Crippen molar-refractivity contribution in [2.75, 3.05) is 18.5 Å². The number of hydrogen-bond acceptors (Lipinski definition) is 5. The van der Waals surface area contributed by atoms with Gasteiger partial charge >= 0.3 is 0 Å². The normalized spacial score (nSPS) is 15.9. The number of nitrogens with zero attached hydrogens (tertiary/aromatic N) is 3. The summed E-state index contributed by atoms with van der Waals surface area (Å²) < 4.78 is 14.2. The van der Waals surface area contributed by atoms with Crippen molar-refractivity contribution >= 4 is 23.2 Å². The van der Waals surface area contributed by atoms with Gasteiger partial charge in [-0.05, 0) is 25.1 Å². The third-order valence-electron chi connectivity index (χ3n) is 5.03. The molecule has 1 aliphatic heterocycles. The number of amides is 1. The molecule has 3 aromatic rings. The zero-order valence-corrected chi connectivity index (χ0v) is 17.3. The predicted octanol–water partition coefficient (Wildman–Crippen LogP) is 2.95. The van der Waals surface area contributed by atoms with Crippen molar-refractivity contribution < 1.29 is 14.3 Å². The number of anilines is 1. The summed E-state index contributed by atoms with van der Waals surface area (Å²) in [6, 6.07) is 10.7. The molecule has 1 amide bonds. The first-order chi connectivity index (χ1) is 14.5. The molecule has 0 saturated carbocycles. The van der Waals surface area contributed by atoms with Gasteiger partial charge in [-0.1, -0.05) is 29.8 Å². The van der Waals surface area contributed by atoms with Gasteiger partial charge in [0.05, 0.1) is 30.2 Å². The van der Waals surface area contributed by atoms with Gasteiger partial charge in [-0.25, -0.2) is 9.67 Å². The van der Waals surface area contributed by atoms with Crippen molar-refractivity contribution in [1.82, 2.24) is 14.3 Å². The first-order valence-electron chi connectivity index (χ1n) is 9.51. The molecule has 8 nitrogen and oxygen atoms in total. The molecular weight excluding hydrogens is 408 g/mol. The first-order valence-corrected chi connectivity index (χ1v) is 9.89. The molecule has 1 N–H and O–H groups in total. The van der Waals surface area contributed by atoms with Gasteiger partial charge in [0.2, 0.25) is 5.88 Å². The van der Waals surface area contributed by atoms with Crippen LogP contribution in [0.4, 0.5) is 5.69 Å². The van der Waals surface area contributed by atoms with Crippen molar-refractivity contribution in [3.63, 3.8) is 0 Å². The number of halogens is 1. The van der Waals surface area contributed by atoms with E-state index in [9.17, 15) is 9.59 Å². The average molecular weight is 429 g/mol. The third-order valence-corrected chi connectivity index (χ3v) is 5.30. The van der Waals surface area contributed by atoms with E-state index in [0.29, 0.717) is 24.6 Å². The lowest BCUT2D eigenvalue weighted by Gasteiger charge is -2.12. The van der Waals surface area contributed by atoms with Gasteiger partial charge in [0, 0.05) is 19.7 Å². The lowest BCUT2D eigenvalue weighted by Crippen LogP contribution is -2.23. The molecule has 0 bridgehead atoms. The van der Waals surface area contributed by atoms with Gasteiger partial charge in [-0.3, -0.25) is 14.3 Å². The maximum atomic E-state index is 12.9. The maximum Gasteiger partial charge on any atom is 0.295 e. The van der Waals surface area contributed by atoms with Crippen LogP contribution in [-0.2, 0) is 11.8 Å². The number of pyridine rings is 1. The Bertz CT molecular complexity index is 1130. The molecule has 9 heteroatoms. The molecule has 2 aromatic heterocycles. The quantitative estimate of drug-likeness (QED) is 0.675. The number of nitrogens with one attached hydrogen (secondary N) is 1. The Morgan fingerprint density at radius 1 is 1.33 bits per heavy atom. The number of carbonyl (C=O) groups excluding carboxylic acids is 1. The van der Waals surface area contributed by atoms with Crippen LogP contribution in [0.25, 0.3) is 5.69 Å². The summed E-state index contributed by atoms with van der Waals surface area (Å²) in [5.41, 5.74) is 1.43. The summed E-state index contributed by atoms with van der Waals surface area (Å²) >= 11 is 6.25. The van der Waals surface area contributed by atoms with Crippen LogP contribution in [0.5, 0.6) is 5.88 Å². The lowest BCUT2D eigenvalue weighted by atomic mass is 10.2. The first kappa shape index (κ1) is 20.2. The molecule has 1 saturated heterocycles. The largest absolute Gasteiger partial charge is 0.471 e. The van der Waals surface area contributed by atoms with Gasteiger partial charge in [0.25, 0.3) is 11.5 Å². The van der Waals surface area contributed by atoms with Crippen LogP contribution in [0.15, 0.2) is 47.4 Å². The summed E-state index contributed by atoms with van der Waals surface area (Å²) in [7, 11) is 1.76. The molecule has 3 heterocycles. The summed E-state index contributed by atoms with van der Waals surface area (Å²) in [4.78, 5) is 29.9. The van der Waals surface area contributed by atoms with E-state index < -0.39 is 5.91 Å².